The van der Waals surface area contributed by atoms with Crippen molar-refractivity contribution in [3.63, 3.8) is 0 Å². The van der Waals surface area contributed by atoms with Crippen LogP contribution in [0.25, 0.3) is 0 Å². The first-order chi connectivity index (χ1) is 9.63. The third-order valence-corrected chi connectivity index (χ3v) is 5.62. The number of hydrogen-bond acceptors (Lipinski definition) is 5. The van der Waals surface area contributed by atoms with Crippen LogP contribution in [0.3, 0.4) is 0 Å². The minimum absolute atomic E-state index is 0.266. The van der Waals surface area contributed by atoms with E-state index in [0.29, 0.717) is 0 Å². The molecule has 2 rings (SSSR count). The van der Waals surface area contributed by atoms with Gasteiger partial charge in [-0.1, -0.05) is 15.9 Å². The zero-order chi connectivity index (χ0) is 14.5. The number of urea groups is 1. The maximum absolute atomic E-state index is 12.0. The summed E-state index contributed by atoms with van der Waals surface area (Å²) in [5.41, 5.74) is 1.52. The molecule has 0 saturated heterocycles. The second-order valence-electron chi connectivity index (χ2n) is 3.64. The summed E-state index contributed by atoms with van der Waals surface area (Å²) in [6, 6.07) is 7.16. The SMILES string of the molecule is CSc1nsc(SC)c1NC(=O)Nc1ccc(Br)cc1. The molecule has 0 aliphatic heterocycles. The Balaban J connectivity index is 2.08. The van der Waals surface area contributed by atoms with E-state index in [4.69, 9.17) is 0 Å². The molecule has 2 N–H and O–H groups in total. The van der Waals surface area contributed by atoms with Gasteiger partial charge < -0.3 is 10.6 Å². The summed E-state index contributed by atoms with van der Waals surface area (Å²) in [6.07, 6.45) is 3.91. The third-order valence-electron chi connectivity index (χ3n) is 2.35. The lowest BCUT2D eigenvalue weighted by Gasteiger charge is -2.08. The third kappa shape index (κ3) is 3.91. The average Bonchev–Trinajstić information content (AvgIpc) is 2.83. The highest BCUT2D eigenvalue weighted by molar-refractivity contribution is 9.10. The molecule has 0 bridgehead atoms. The van der Waals surface area contributed by atoms with Gasteiger partial charge in [-0.05, 0) is 48.3 Å². The van der Waals surface area contributed by atoms with Crippen LogP contribution in [0, 0.1) is 0 Å². The van der Waals surface area contributed by atoms with Crippen LogP contribution in [0.5, 0.6) is 0 Å². The molecule has 1 heterocycles. The fourth-order valence-corrected chi connectivity index (χ4v) is 3.87. The van der Waals surface area contributed by atoms with Crippen LogP contribution in [0.4, 0.5) is 16.2 Å². The van der Waals surface area contributed by atoms with E-state index in [-0.39, 0.29) is 6.03 Å². The van der Waals surface area contributed by atoms with Gasteiger partial charge in [0.1, 0.15) is 14.9 Å². The average molecular weight is 390 g/mol. The molecular formula is C12H12BrN3OS3. The van der Waals surface area contributed by atoms with E-state index < -0.39 is 0 Å². The van der Waals surface area contributed by atoms with Crippen LogP contribution in [0.2, 0.25) is 0 Å². The number of nitrogens with zero attached hydrogens (tertiary/aromatic N) is 1. The summed E-state index contributed by atoms with van der Waals surface area (Å²) in [7, 11) is 0. The molecule has 20 heavy (non-hydrogen) atoms. The zero-order valence-corrected chi connectivity index (χ0v) is 14.8. The lowest BCUT2D eigenvalue weighted by Crippen LogP contribution is -2.19. The predicted molar refractivity (Wildman–Crippen MR) is 92.5 cm³/mol. The first-order valence-corrected chi connectivity index (χ1v) is 9.57. The Hall–Kier alpha value is -0.700. The topological polar surface area (TPSA) is 54.0 Å². The maximum Gasteiger partial charge on any atom is 0.323 e. The molecule has 4 nitrogen and oxygen atoms in total. The monoisotopic (exact) mass is 389 g/mol. The van der Waals surface area contributed by atoms with Crippen molar-refractivity contribution >= 4 is 68.4 Å². The number of carbonyl (C=O) groups is 1. The number of carbonyl (C=O) groups excluding carboxylic acids is 1. The van der Waals surface area contributed by atoms with Crippen LogP contribution in [0.1, 0.15) is 0 Å². The van der Waals surface area contributed by atoms with Crippen LogP contribution >= 0.6 is 51.0 Å². The number of halogens is 1. The van der Waals surface area contributed by atoms with E-state index >= 15 is 0 Å². The molecular weight excluding hydrogens is 378 g/mol. The van der Waals surface area contributed by atoms with Crippen LogP contribution in [0.15, 0.2) is 38.0 Å². The molecule has 0 spiro atoms. The number of aromatic nitrogens is 1. The smallest absolute Gasteiger partial charge is 0.308 e. The van der Waals surface area contributed by atoms with E-state index in [1.54, 1.807) is 11.8 Å². The van der Waals surface area contributed by atoms with Crippen LogP contribution in [-0.2, 0) is 0 Å². The number of benzene rings is 1. The lowest BCUT2D eigenvalue weighted by atomic mass is 10.3. The molecule has 0 saturated carbocycles. The van der Waals surface area contributed by atoms with Crippen LogP contribution < -0.4 is 10.6 Å². The van der Waals surface area contributed by atoms with E-state index in [0.717, 1.165) is 25.1 Å². The van der Waals surface area contributed by atoms with Gasteiger partial charge in [-0.2, -0.15) is 4.37 Å². The van der Waals surface area contributed by atoms with Crippen molar-refractivity contribution in [2.45, 2.75) is 9.24 Å². The fraction of sp³-hybridized carbons (Fsp3) is 0.167. The summed E-state index contributed by atoms with van der Waals surface area (Å²) in [5.74, 6) is 0. The van der Waals surface area contributed by atoms with Crippen molar-refractivity contribution in [1.82, 2.24) is 4.37 Å². The number of hydrogen-bond donors (Lipinski definition) is 2. The molecule has 0 fully saturated rings. The second kappa shape index (κ2) is 7.35. The highest BCUT2D eigenvalue weighted by atomic mass is 79.9. The quantitative estimate of drug-likeness (QED) is 0.722. The highest BCUT2D eigenvalue weighted by Crippen LogP contribution is 2.37. The number of anilines is 2. The first kappa shape index (κ1) is 15.7. The number of thioether (sulfide) groups is 2. The summed E-state index contributed by atoms with van der Waals surface area (Å²) < 4.78 is 6.28. The van der Waals surface area contributed by atoms with Gasteiger partial charge in [0.25, 0.3) is 0 Å². The second-order valence-corrected chi connectivity index (χ2v) is 7.20. The molecule has 2 aromatic rings. The van der Waals surface area contributed by atoms with E-state index in [1.165, 1.54) is 23.3 Å². The Morgan fingerprint density at radius 1 is 1.20 bits per heavy atom. The zero-order valence-electron chi connectivity index (χ0n) is 10.8. The Labute approximate surface area is 138 Å². The summed E-state index contributed by atoms with van der Waals surface area (Å²) in [4.78, 5) is 12.0. The molecule has 1 aromatic carbocycles. The molecule has 0 atom stereocenters. The molecule has 0 unspecified atom stereocenters. The van der Waals surface area contributed by atoms with Gasteiger partial charge >= 0.3 is 6.03 Å². The van der Waals surface area contributed by atoms with Gasteiger partial charge in [0.05, 0.1) is 0 Å². The maximum atomic E-state index is 12.0. The minimum Gasteiger partial charge on any atom is -0.308 e. The Morgan fingerprint density at radius 3 is 2.50 bits per heavy atom. The highest BCUT2D eigenvalue weighted by Gasteiger charge is 2.15. The van der Waals surface area contributed by atoms with Crippen molar-refractivity contribution < 1.29 is 4.79 Å². The molecule has 0 radical (unpaired) electrons. The largest absolute Gasteiger partial charge is 0.323 e. The number of amides is 2. The number of nitrogens with one attached hydrogen (secondary N) is 2. The summed E-state index contributed by atoms with van der Waals surface area (Å²) >= 11 is 7.85. The standard InChI is InChI=1S/C12H12BrN3OS3/c1-18-10-9(11(19-2)20-16-10)15-12(17)14-8-5-3-7(13)4-6-8/h3-6H,1-2H3,(H2,14,15,17). The van der Waals surface area contributed by atoms with Gasteiger partial charge in [0.15, 0.2) is 0 Å². The van der Waals surface area contributed by atoms with Crippen molar-refractivity contribution in [2.24, 2.45) is 0 Å². The van der Waals surface area contributed by atoms with Crippen molar-refractivity contribution in [3.05, 3.63) is 28.7 Å². The Bertz CT molecular complexity index is 579. The Morgan fingerprint density at radius 2 is 1.90 bits per heavy atom. The molecule has 2 amide bonds. The fourth-order valence-electron chi connectivity index (χ4n) is 1.45. The lowest BCUT2D eigenvalue weighted by molar-refractivity contribution is 0.262. The van der Waals surface area contributed by atoms with Crippen molar-refractivity contribution in [1.29, 1.82) is 0 Å². The van der Waals surface area contributed by atoms with E-state index in [2.05, 4.69) is 30.9 Å². The normalized spacial score (nSPS) is 10.3. The molecule has 1 aromatic heterocycles. The van der Waals surface area contributed by atoms with Crippen LogP contribution in [-0.4, -0.2) is 22.9 Å². The molecule has 0 aliphatic carbocycles. The van der Waals surface area contributed by atoms with Gasteiger partial charge in [0, 0.05) is 10.2 Å². The van der Waals surface area contributed by atoms with E-state index in [1.807, 2.05) is 36.8 Å². The Kier molecular flexibility index (Phi) is 5.76. The van der Waals surface area contributed by atoms with Gasteiger partial charge in [-0.3, -0.25) is 0 Å². The molecule has 106 valence electrons. The first-order valence-electron chi connectivity index (χ1n) is 5.55. The van der Waals surface area contributed by atoms with Gasteiger partial charge in [-0.15, -0.1) is 23.5 Å². The minimum atomic E-state index is -0.266. The van der Waals surface area contributed by atoms with Gasteiger partial charge in [0.2, 0.25) is 0 Å². The van der Waals surface area contributed by atoms with Gasteiger partial charge in [-0.25, -0.2) is 4.79 Å². The molecule has 0 aliphatic rings. The van der Waals surface area contributed by atoms with Crippen molar-refractivity contribution in [3.8, 4) is 0 Å². The predicted octanol–water partition coefficient (Wildman–Crippen LogP) is 4.99. The summed E-state index contributed by atoms with van der Waals surface area (Å²) in [5, 5.41) is 6.50. The molecule has 8 heteroatoms. The summed E-state index contributed by atoms with van der Waals surface area (Å²) in [6.45, 7) is 0. The van der Waals surface area contributed by atoms with Crippen molar-refractivity contribution in [2.75, 3.05) is 23.1 Å². The number of rotatable bonds is 4. The van der Waals surface area contributed by atoms with E-state index in [9.17, 15) is 4.79 Å².